The molecule has 0 saturated carbocycles. The van der Waals surface area contributed by atoms with E-state index in [1.54, 1.807) is 0 Å². The zero-order chi connectivity index (χ0) is 9.97. The van der Waals surface area contributed by atoms with Crippen LogP contribution in [0.15, 0.2) is 18.3 Å². The van der Waals surface area contributed by atoms with E-state index in [-0.39, 0.29) is 6.10 Å². The highest BCUT2D eigenvalue weighted by molar-refractivity contribution is 7.99. The maximum absolute atomic E-state index is 9.69. The smallest absolute Gasteiger partial charge is 0.0670 e. The molecule has 1 saturated heterocycles. The topological polar surface area (TPSA) is 33.1 Å². The van der Waals surface area contributed by atoms with Gasteiger partial charge in [0.05, 0.1) is 6.10 Å². The summed E-state index contributed by atoms with van der Waals surface area (Å²) < 4.78 is 0. The van der Waals surface area contributed by atoms with Gasteiger partial charge in [-0.2, -0.15) is 11.8 Å². The first kappa shape index (κ1) is 9.99. The Morgan fingerprint density at radius 1 is 1.57 bits per heavy atom. The van der Waals surface area contributed by atoms with E-state index >= 15 is 0 Å². The summed E-state index contributed by atoms with van der Waals surface area (Å²) in [7, 11) is 0. The van der Waals surface area contributed by atoms with E-state index in [1.807, 2.05) is 24.0 Å². The van der Waals surface area contributed by atoms with Crippen LogP contribution in [0, 0.1) is 12.8 Å². The highest BCUT2D eigenvalue weighted by atomic mass is 32.2. The van der Waals surface area contributed by atoms with Gasteiger partial charge in [0.15, 0.2) is 0 Å². The maximum Gasteiger partial charge on any atom is 0.0670 e. The third-order valence-corrected chi connectivity index (χ3v) is 3.98. The molecule has 2 heterocycles. The molecule has 0 spiro atoms. The summed E-state index contributed by atoms with van der Waals surface area (Å²) >= 11 is 1.84. The number of nitrogens with zero attached hydrogens (tertiary/aromatic N) is 1. The number of aliphatic hydroxyl groups is 1. The van der Waals surface area contributed by atoms with Gasteiger partial charge in [-0.3, -0.25) is 4.98 Å². The normalized spacial score (nSPS) is 26.7. The summed E-state index contributed by atoms with van der Waals surface area (Å²) in [6.07, 6.45) is 2.61. The van der Waals surface area contributed by atoms with Crippen LogP contribution in [-0.4, -0.2) is 27.7 Å². The van der Waals surface area contributed by atoms with Gasteiger partial charge in [0.25, 0.3) is 0 Å². The number of hydrogen-bond donors (Lipinski definition) is 1. The highest BCUT2D eigenvalue weighted by Gasteiger charge is 2.26. The van der Waals surface area contributed by atoms with Crippen LogP contribution in [-0.2, 0) is 6.42 Å². The molecule has 2 nitrogen and oxygen atoms in total. The average Bonchev–Trinajstić information content (AvgIpc) is 2.56. The summed E-state index contributed by atoms with van der Waals surface area (Å²) in [6, 6.07) is 4.04. The Hall–Kier alpha value is -0.540. The molecule has 14 heavy (non-hydrogen) atoms. The number of pyridine rings is 1. The fourth-order valence-electron chi connectivity index (χ4n) is 1.76. The van der Waals surface area contributed by atoms with Crippen LogP contribution in [0.3, 0.4) is 0 Å². The van der Waals surface area contributed by atoms with Crippen molar-refractivity contribution in [1.29, 1.82) is 0 Å². The van der Waals surface area contributed by atoms with E-state index in [9.17, 15) is 5.11 Å². The first-order valence-corrected chi connectivity index (χ1v) is 6.09. The van der Waals surface area contributed by atoms with E-state index in [2.05, 4.69) is 18.0 Å². The molecule has 1 aromatic rings. The molecule has 0 amide bonds. The minimum absolute atomic E-state index is 0.138. The van der Waals surface area contributed by atoms with Gasteiger partial charge < -0.3 is 5.11 Å². The van der Waals surface area contributed by atoms with E-state index in [4.69, 9.17) is 0 Å². The lowest BCUT2D eigenvalue weighted by atomic mass is 9.98. The monoisotopic (exact) mass is 209 g/mol. The fraction of sp³-hybridized carbons (Fsp3) is 0.545. The van der Waals surface area contributed by atoms with Crippen molar-refractivity contribution in [2.75, 3.05) is 11.5 Å². The molecule has 1 aromatic heterocycles. The standard InChI is InChI=1S/C11H15NOS/c1-8-3-2-4-12-10(8)5-9-6-14-7-11(9)13/h2-4,9,11,13H,5-7H2,1H3. The molecule has 0 bridgehead atoms. The number of aryl methyl sites for hydroxylation is 1. The van der Waals surface area contributed by atoms with Crippen LogP contribution in [0.2, 0.25) is 0 Å². The number of aromatic nitrogens is 1. The predicted molar refractivity (Wildman–Crippen MR) is 59.5 cm³/mol. The molecule has 0 aliphatic carbocycles. The summed E-state index contributed by atoms with van der Waals surface area (Å²) in [5, 5.41) is 9.69. The Morgan fingerprint density at radius 2 is 2.43 bits per heavy atom. The maximum atomic E-state index is 9.69. The van der Waals surface area contributed by atoms with Crippen LogP contribution in [0.5, 0.6) is 0 Å². The number of rotatable bonds is 2. The van der Waals surface area contributed by atoms with Crippen molar-refractivity contribution < 1.29 is 5.11 Å². The number of aliphatic hydroxyl groups excluding tert-OH is 1. The van der Waals surface area contributed by atoms with Crippen LogP contribution in [0.1, 0.15) is 11.3 Å². The Bertz CT molecular complexity index is 316. The average molecular weight is 209 g/mol. The quantitative estimate of drug-likeness (QED) is 0.804. The summed E-state index contributed by atoms with van der Waals surface area (Å²) in [6.45, 7) is 2.08. The largest absolute Gasteiger partial charge is 0.392 e. The molecule has 2 unspecified atom stereocenters. The molecule has 3 heteroatoms. The number of thioether (sulfide) groups is 1. The van der Waals surface area contributed by atoms with Gasteiger partial charge >= 0.3 is 0 Å². The van der Waals surface area contributed by atoms with Gasteiger partial charge in [0.2, 0.25) is 0 Å². The molecule has 2 rings (SSSR count). The molecule has 0 radical (unpaired) electrons. The van der Waals surface area contributed by atoms with Crippen LogP contribution >= 0.6 is 11.8 Å². The molecule has 1 N–H and O–H groups in total. The molecule has 0 aromatic carbocycles. The second kappa shape index (κ2) is 4.32. The van der Waals surface area contributed by atoms with E-state index < -0.39 is 0 Å². The second-order valence-electron chi connectivity index (χ2n) is 3.84. The Balaban J connectivity index is 2.07. The first-order valence-electron chi connectivity index (χ1n) is 4.93. The highest BCUT2D eigenvalue weighted by Crippen LogP contribution is 2.27. The third kappa shape index (κ3) is 2.10. The van der Waals surface area contributed by atoms with Crippen molar-refractivity contribution in [1.82, 2.24) is 4.98 Å². The van der Waals surface area contributed by atoms with Gasteiger partial charge in [-0.25, -0.2) is 0 Å². The van der Waals surface area contributed by atoms with Crippen LogP contribution < -0.4 is 0 Å². The van der Waals surface area contributed by atoms with Gasteiger partial charge in [-0.1, -0.05) is 6.07 Å². The molecular formula is C11H15NOS. The second-order valence-corrected chi connectivity index (χ2v) is 4.91. The summed E-state index contributed by atoms with van der Waals surface area (Å²) in [5.74, 6) is 2.35. The minimum Gasteiger partial charge on any atom is -0.392 e. The minimum atomic E-state index is -0.138. The Labute approximate surface area is 88.8 Å². The number of hydrogen-bond acceptors (Lipinski definition) is 3. The lowest BCUT2D eigenvalue weighted by molar-refractivity contribution is 0.149. The lowest BCUT2D eigenvalue weighted by Crippen LogP contribution is -2.20. The fourth-order valence-corrected chi connectivity index (χ4v) is 3.06. The summed E-state index contributed by atoms with van der Waals surface area (Å²) in [4.78, 5) is 4.36. The van der Waals surface area contributed by atoms with Crippen molar-refractivity contribution >= 4 is 11.8 Å². The van der Waals surface area contributed by atoms with Crippen LogP contribution in [0.25, 0.3) is 0 Å². The van der Waals surface area contributed by atoms with Crippen molar-refractivity contribution in [3.63, 3.8) is 0 Å². The van der Waals surface area contributed by atoms with Crippen LogP contribution in [0.4, 0.5) is 0 Å². The van der Waals surface area contributed by atoms with Crippen molar-refractivity contribution in [2.24, 2.45) is 5.92 Å². The van der Waals surface area contributed by atoms with Crippen molar-refractivity contribution in [2.45, 2.75) is 19.4 Å². The molecule has 2 atom stereocenters. The van der Waals surface area contributed by atoms with E-state index in [1.165, 1.54) is 5.56 Å². The van der Waals surface area contributed by atoms with Gasteiger partial charge in [-0.05, 0) is 30.7 Å². The van der Waals surface area contributed by atoms with E-state index in [0.29, 0.717) is 5.92 Å². The Morgan fingerprint density at radius 3 is 3.07 bits per heavy atom. The molecule has 1 fully saturated rings. The SMILES string of the molecule is Cc1cccnc1CC1CSCC1O. The van der Waals surface area contributed by atoms with Gasteiger partial charge in [0, 0.05) is 23.6 Å². The van der Waals surface area contributed by atoms with Crippen molar-refractivity contribution in [3.05, 3.63) is 29.6 Å². The van der Waals surface area contributed by atoms with Crippen molar-refractivity contribution in [3.8, 4) is 0 Å². The zero-order valence-electron chi connectivity index (χ0n) is 8.31. The molecule has 76 valence electrons. The summed E-state index contributed by atoms with van der Waals surface area (Å²) in [5.41, 5.74) is 2.37. The predicted octanol–water partition coefficient (Wildman–Crippen LogP) is 1.66. The van der Waals surface area contributed by atoms with E-state index in [0.717, 1.165) is 23.6 Å². The Kier molecular flexibility index (Phi) is 3.08. The first-order chi connectivity index (χ1) is 6.77. The van der Waals surface area contributed by atoms with Gasteiger partial charge in [0.1, 0.15) is 0 Å². The zero-order valence-corrected chi connectivity index (χ0v) is 9.13. The molecular weight excluding hydrogens is 194 g/mol. The van der Waals surface area contributed by atoms with Gasteiger partial charge in [-0.15, -0.1) is 0 Å². The molecule has 1 aliphatic heterocycles. The third-order valence-electron chi connectivity index (χ3n) is 2.74. The molecule has 1 aliphatic rings. The lowest BCUT2D eigenvalue weighted by Gasteiger charge is -2.13.